The van der Waals surface area contributed by atoms with Crippen LogP contribution in [-0.4, -0.2) is 47.0 Å². The van der Waals surface area contributed by atoms with E-state index in [1.54, 1.807) is 12.1 Å². The maximum Gasteiger partial charge on any atom is 0.227 e. The van der Waals surface area contributed by atoms with Crippen LogP contribution in [0.1, 0.15) is 28.2 Å². The Bertz CT molecular complexity index is 1050. The van der Waals surface area contributed by atoms with Gasteiger partial charge in [0.1, 0.15) is 17.5 Å². The second-order valence-corrected chi connectivity index (χ2v) is 7.99. The van der Waals surface area contributed by atoms with Crippen LogP contribution < -0.4 is 4.90 Å². The molecule has 0 unspecified atom stereocenters. The SMILES string of the molecule is Cc1nc(C)c(Cc2ccccc2)c(N2CCN(C(=O)Cc3ccc(F)cc3)CC2)n1. The topological polar surface area (TPSA) is 49.3 Å². The van der Waals surface area contributed by atoms with Crippen LogP contribution in [0.3, 0.4) is 0 Å². The third-order valence-electron chi connectivity index (χ3n) is 5.73. The first-order valence-electron chi connectivity index (χ1n) is 10.6. The van der Waals surface area contributed by atoms with E-state index in [1.807, 2.05) is 36.9 Å². The molecule has 0 N–H and O–H groups in total. The Morgan fingerprint density at radius 1 is 0.903 bits per heavy atom. The summed E-state index contributed by atoms with van der Waals surface area (Å²) in [7, 11) is 0. The molecule has 1 amide bonds. The molecular weight excluding hydrogens is 391 g/mol. The Balaban J connectivity index is 1.45. The fourth-order valence-electron chi connectivity index (χ4n) is 4.04. The summed E-state index contributed by atoms with van der Waals surface area (Å²) in [6.45, 7) is 6.71. The van der Waals surface area contributed by atoms with Gasteiger partial charge in [-0.25, -0.2) is 14.4 Å². The molecule has 31 heavy (non-hydrogen) atoms. The minimum Gasteiger partial charge on any atom is -0.353 e. The highest BCUT2D eigenvalue weighted by molar-refractivity contribution is 5.79. The average Bonchev–Trinajstić information content (AvgIpc) is 2.78. The molecule has 0 spiro atoms. The van der Waals surface area contributed by atoms with Crippen LogP contribution in [0.2, 0.25) is 0 Å². The van der Waals surface area contributed by atoms with Crippen molar-refractivity contribution >= 4 is 11.7 Å². The Morgan fingerprint density at radius 2 is 1.58 bits per heavy atom. The standard InChI is InChI=1S/C25H27FN4O/c1-18-23(16-20-6-4-3-5-7-20)25(28-19(2)27-18)30-14-12-29(13-15-30)24(31)17-21-8-10-22(26)11-9-21/h3-11H,12-17H2,1-2H3. The van der Waals surface area contributed by atoms with Crippen LogP contribution in [0.4, 0.5) is 10.2 Å². The number of aryl methyl sites for hydroxylation is 2. The van der Waals surface area contributed by atoms with Crippen molar-refractivity contribution in [3.8, 4) is 0 Å². The summed E-state index contributed by atoms with van der Waals surface area (Å²) in [5.74, 6) is 1.52. The van der Waals surface area contributed by atoms with Gasteiger partial charge < -0.3 is 9.80 Å². The van der Waals surface area contributed by atoms with Gasteiger partial charge >= 0.3 is 0 Å². The Kier molecular flexibility index (Phi) is 6.26. The number of carbonyl (C=O) groups excluding carboxylic acids is 1. The third-order valence-corrected chi connectivity index (χ3v) is 5.73. The highest BCUT2D eigenvalue weighted by Crippen LogP contribution is 2.25. The predicted octanol–water partition coefficient (Wildman–Crippen LogP) is 3.71. The lowest BCUT2D eigenvalue weighted by atomic mass is 10.0. The van der Waals surface area contributed by atoms with Gasteiger partial charge in [-0.15, -0.1) is 0 Å². The van der Waals surface area contributed by atoms with Crippen molar-refractivity contribution in [3.63, 3.8) is 0 Å². The number of anilines is 1. The first kappa shape index (κ1) is 21.0. The van der Waals surface area contributed by atoms with E-state index in [-0.39, 0.29) is 11.7 Å². The van der Waals surface area contributed by atoms with E-state index in [4.69, 9.17) is 4.98 Å². The third kappa shape index (κ3) is 5.08. The molecule has 6 heteroatoms. The summed E-state index contributed by atoms with van der Waals surface area (Å²) < 4.78 is 13.1. The van der Waals surface area contributed by atoms with E-state index in [9.17, 15) is 9.18 Å². The minimum atomic E-state index is -0.286. The molecule has 0 saturated carbocycles. The van der Waals surface area contributed by atoms with E-state index in [1.165, 1.54) is 17.7 Å². The number of halogens is 1. The Labute approximate surface area is 182 Å². The van der Waals surface area contributed by atoms with Crippen molar-refractivity contribution in [2.24, 2.45) is 0 Å². The van der Waals surface area contributed by atoms with Gasteiger partial charge in [0.05, 0.1) is 6.42 Å². The average molecular weight is 419 g/mol. The first-order valence-corrected chi connectivity index (χ1v) is 10.6. The van der Waals surface area contributed by atoms with Gasteiger partial charge in [-0.1, -0.05) is 42.5 Å². The first-order chi connectivity index (χ1) is 15.0. The van der Waals surface area contributed by atoms with E-state index in [0.717, 1.165) is 48.0 Å². The normalized spacial score (nSPS) is 14.0. The lowest BCUT2D eigenvalue weighted by Gasteiger charge is -2.36. The number of piperazine rings is 1. The van der Waals surface area contributed by atoms with Gasteiger partial charge in [-0.3, -0.25) is 4.79 Å². The van der Waals surface area contributed by atoms with E-state index in [2.05, 4.69) is 22.0 Å². The van der Waals surface area contributed by atoms with Gasteiger partial charge in [0.15, 0.2) is 0 Å². The zero-order chi connectivity index (χ0) is 21.8. The van der Waals surface area contributed by atoms with Gasteiger partial charge in [-0.2, -0.15) is 0 Å². The number of aromatic nitrogens is 2. The van der Waals surface area contributed by atoms with Crippen molar-refractivity contribution in [1.29, 1.82) is 0 Å². The second-order valence-electron chi connectivity index (χ2n) is 7.99. The molecule has 5 nitrogen and oxygen atoms in total. The molecule has 1 fully saturated rings. The zero-order valence-corrected chi connectivity index (χ0v) is 18.0. The minimum absolute atomic E-state index is 0.0748. The Morgan fingerprint density at radius 3 is 2.26 bits per heavy atom. The smallest absolute Gasteiger partial charge is 0.227 e. The summed E-state index contributed by atoms with van der Waals surface area (Å²) in [5, 5.41) is 0. The van der Waals surface area contributed by atoms with Crippen molar-refractivity contribution in [1.82, 2.24) is 14.9 Å². The molecule has 2 heterocycles. The van der Waals surface area contributed by atoms with E-state index in [0.29, 0.717) is 19.5 Å². The summed E-state index contributed by atoms with van der Waals surface area (Å²) in [4.78, 5) is 26.2. The number of benzene rings is 2. The molecule has 0 aliphatic carbocycles. The predicted molar refractivity (Wildman–Crippen MR) is 120 cm³/mol. The highest BCUT2D eigenvalue weighted by Gasteiger charge is 2.24. The van der Waals surface area contributed by atoms with Gasteiger partial charge in [0, 0.05) is 43.9 Å². The monoisotopic (exact) mass is 418 g/mol. The molecule has 2 aromatic carbocycles. The molecule has 0 atom stereocenters. The molecule has 1 aliphatic heterocycles. The summed E-state index contributed by atoms with van der Waals surface area (Å²) in [5.41, 5.74) is 4.21. The molecule has 160 valence electrons. The maximum atomic E-state index is 13.1. The van der Waals surface area contributed by atoms with Crippen LogP contribution in [0.25, 0.3) is 0 Å². The van der Waals surface area contributed by atoms with Crippen LogP contribution in [-0.2, 0) is 17.6 Å². The molecule has 1 aromatic heterocycles. The van der Waals surface area contributed by atoms with Crippen LogP contribution in [0.5, 0.6) is 0 Å². The fraction of sp³-hybridized carbons (Fsp3) is 0.320. The van der Waals surface area contributed by atoms with Crippen LogP contribution in [0, 0.1) is 19.7 Å². The number of hydrogen-bond acceptors (Lipinski definition) is 4. The summed E-state index contributed by atoms with van der Waals surface area (Å²) in [6.07, 6.45) is 1.08. The lowest BCUT2D eigenvalue weighted by Crippen LogP contribution is -2.49. The maximum absolute atomic E-state index is 13.1. The number of nitrogens with zero attached hydrogens (tertiary/aromatic N) is 4. The molecule has 4 rings (SSSR count). The van der Waals surface area contributed by atoms with Gasteiger partial charge in [0.25, 0.3) is 0 Å². The number of carbonyl (C=O) groups is 1. The second kappa shape index (κ2) is 9.25. The largest absolute Gasteiger partial charge is 0.353 e. The highest BCUT2D eigenvalue weighted by atomic mass is 19.1. The van der Waals surface area contributed by atoms with E-state index < -0.39 is 0 Å². The zero-order valence-electron chi connectivity index (χ0n) is 18.0. The quantitative estimate of drug-likeness (QED) is 0.634. The molecule has 0 radical (unpaired) electrons. The molecule has 3 aromatic rings. The molecular formula is C25H27FN4O. The number of hydrogen-bond donors (Lipinski definition) is 0. The Hall–Kier alpha value is -3.28. The van der Waals surface area contributed by atoms with E-state index >= 15 is 0 Å². The van der Waals surface area contributed by atoms with Crippen molar-refractivity contribution in [2.75, 3.05) is 31.1 Å². The molecule has 1 aliphatic rings. The summed E-state index contributed by atoms with van der Waals surface area (Å²) in [6, 6.07) is 16.5. The van der Waals surface area contributed by atoms with Gasteiger partial charge in [0.2, 0.25) is 5.91 Å². The lowest BCUT2D eigenvalue weighted by molar-refractivity contribution is -0.130. The van der Waals surface area contributed by atoms with Crippen molar-refractivity contribution < 1.29 is 9.18 Å². The van der Waals surface area contributed by atoms with Crippen molar-refractivity contribution in [3.05, 3.63) is 88.6 Å². The summed E-state index contributed by atoms with van der Waals surface area (Å²) >= 11 is 0. The van der Waals surface area contributed by atoms with Gasteiger partial charge in [-0.05, 0) is 37.1 Å². The van der Waals surface area contributed by atoms with Crippen molar-refractivity contribution in [2.45, 2.75) is 26.7 Å². The molecule has 1 saturated heterocycles. The fourth-order valence-corrected chi connectivity index (χ4v) is 4.04. The van der Waals surface area contributed by atoms with Crippen LogP contribution in [0.15, 0.2) is 54.6 Å². The number of rotatable bonds is 5. The van der Waals surface area contributed by atoms with Crippen LogP contribution >= 0.6 is 0 Å². The molecule has 0 bridgehead atoms. The number of amides is 1.